The summed E-state index contributed by atoms with van der Waals surface area (Å²) in [6.45, 7) is 0.666. The van der Waals surface area contributed by atoms with Crippen LogP contribution in [-0.4, -0.2) is 29.4 Å². The van der Waals surface area contributed by atoms with E-state index in [0.29, 0.717) is 6.54 Å². The van der Waals surface area contributed by atoms with E-state index in [2.05, 4.69) is 47.4 Å². The Morgan fingerprint density at radius 1 is 0.966 bits per heavy atom. The van der Waals surface area contributed by atoms with Crippen LogP contribution in [0.1, 0.15) is 44.7 Å². The van der Waals surface area contributed by atoms with Crippen LogP contribution in [0.4, 0.5) is 0 Å². The molecule has 1 N–H and O–H groups in total. The molecule has 0 saturated carbocycles. The molecule has 3 heterocycles. The first-order valence-corrected chi connectivity index (χ1v) is 9.90. The lowest BCUT2D eigenvalue weighted by Crippen LogP contribution is -2.37. The summed E-state index contributed by atoms with van der Waals surface area (Å²) in [7, 11) is 1.68. The van der Waals surface area contributed by atoms with Crippen LogP contribution in [0, 0.1) is 0 Å². The standard InChI is InChI=1S/C25H20N2O2/c1-29-16-12-10-15(11-13-16)20-14-27-24(17-6-2-3-7-18(17)25(27)28)23-22(20)19-8-4-5-9-21(19)26-23/h2-13,20,24,26H,14H2,1H3. The number of ether oxygens (including phenoxy) is 1. The number of hydrogen-bond donors (Lipinski definition) is 1. The molecule has 0 aliphatic carbocycles. The van der Waals surface area contributed by atoms with Crippen LogP contribution in [0.5, 0.6) is 5.75 Å². The monoisotopic (exact) mass is 380 g/mol. The lowest BCUT2D eigenvalue weighted by molar-refractivity contribution is 0.0727. The number of benzene rings is 3. The van der Waals surface area contributed by atoms with Gasteiger partial charge in [-0.2, -0.15) is 0 Å². The Kier molecular flexibility index (Phi) is 3.39. The van der Waals surface area contributed by atoms with Crippen molar-refractivity contribution in [2.45, 2.75) is 12.0 Å². The molecule has 4 heteroatoms. The van der Waals surface area contributed by atoms with Gasteiger partial charge in [0.15, 0.2) is 0 Å². The predicted molar refractivity (Wildman–Crippen MR) is 112 cm³/mol. The molecule has 0 spiro atoms. The molecule has 1 aromatic heterocycles. The Bertz CT molecular complexity index is 1260. The van der Waals surface area contributed by atoms with Gasteiger partial charge in [0.05, 0.1) is 13.2 Å². The number of aromatic nitrogens is 1. The van der Waals surface area contributed by atoms with E-state index in [4.69, 9.17) is 4.74 Å². The highest BCUT2D eigenvalue weighted by Gasteiger charge is 2.45. The Morgan fingerprint density at radius 3 is 2.55 bits per heavy atom. The van der Waals surface area contributed by atoms with Crippen LogP contribution in [0.25, 0.3) is 10.9 Å². The number of H-pyrrole nitrogens is 1. The molecule has 1 amide bonds. The largest absolute Gasteiger partial charge is 0.497 e. The minimum absolute atomic E-state index is 0.0457. The third-order valence-electron chi connectivity index (χ3n) is 6.35. The van der Waals surface area contributed by atoms with Gasteiger partial charge in [0.1, 0.15) is 5.75 Å². The van der Waals surface area contributed by atoms with Crippen LogP contribution in [0.2, 0.25) is 0 Å². The Labute approximate surface area is 168 Å². The Morgan fingerprint density at radius 2 is 1.72 bits per heavy atom. The van der Waals surface area contributed by atoms with E-state index >= 15 is 0 Å². The van der Waals surface area contributed by atoms with Gasteiger partial charge in [-0.15, -0.1) is 0 Å². The summed E-state index contributed by atoms with van der Waals surface area (Å²) in [6.07, 6.45) is 0. The number of para-hydroxylation sites is 1. The van der Waals surface area contributed by atoms with Crippen molar-refractivity contribution in [2.75, 3.05) is 13.7 Å². The Hall–Kier alpha value is -3.53. The zero-order valence-electron chi connectivity index (χ0n) is 16.1. The maximum atomic E-state index is 13.2. The molecule has 3 aromatic carbocycles. The summed E-state index contributed by atoms with van der Waals surface area (Å²) < 4.78 is 5.34. The average molecular weight is 380 g/mol. The summed E-state index contributed by atoms with van der Waals surface area (Å²) in [5, 5.41) is 1.24. The molecular weight excluding hydrogens is 360 g/mol. The number of carbonyl (C=O) groups excluding carboxylic acids is 1. The average Bonchev–Trinajstić information content (AvgIpc) is 3.30. The van der Waals surface area contributed by atoms with E-state index in [-0.39, 0.29) is 17.9 Å². The molecule has 142 valence electrons. The van der Waals surface area contributed by atoms with Crippen molar-refractivity contribution in [3.05, 3.63) is 101 Å². The fourth-order valence-corrected chi connectivity index (χ4v) is 5.04. The van der Waals surface area contributed by atoms with E-state index in [0.717, 1.165) is 28.1 Å². The third-order valence-corrected chi connectivity index (χ3v) is 6.35. The summed E-state index contributed by atoms with van der Waals surface area (Å²) in [5.74, 6) is 1.07. The second kappa shape index (κ2) is 5.98. The number of hydrogen-bond acceptors (Lipinski definition) is 2. The maximum absolute atomic E-state index is 13.2. The molecule has 2 aliphatic heterocycles. The summed E-state index contributed by atoms with van der Waals surface area (Å²) in [6, 6.07) is 24.6. The summed E-state index contributed by atoms with van der Waals surface area (Å²) in [5.41, 5.74) is 6.66. The van der Waals surface area contributed by atoms with Crippen molar-refractivity contribution >= 4 is 16.8 Å². The number of nitrogens with zero attached hydrogens (tertiary/aromatic N) is 1. The molecule has 4 aromatic rings. The SMILES string of the molecule is COc1ccc(C2CN3C(=O)c4ccccc4C3c3[nH]c4ccccc4c32)cc1. The smallest absolute Gasteiger partial charge is 0.255 e. The van der Waals surface area contributed by atoms with Gasteiger partial charge in [0.25, 0.3) is 5.91 Å². The number of rotatable bonds is 2. The van der Waals surface area contributed by atoms with Crippen molar-refractivity contribution in [1.82, 2.24) is 9.88 Å². The van der Waals surface area contributed by atoms with Gasteiger partial charge in [-0.3, -0.25) is 4.79 Å². The van der Waals surface area contributed by atoms with E-state index in [1.54, 1.807) is 7.11 Å². The van der Waals surface area contributed by atoms with Gasteiger partial charge >= 0.3 is 0 Å². The molecule has 0 bridgehead atoms. The van der Waals surface area contributed by atoms with Gasteiger partial charge in [0, 0.05) is 34.6 Å². The highest BCUT2D eigenvalue weighted by molar-refractivity contribution is 6.01. The number of methoxy groups -OCH3 is 1. The molecule has 0 radical (unpaired) electrons. The first kappa shape index (κ1) is 16.4. The normalized spacial score (nSPS) is 19.8. The van der Waals surface area contributed by atoms with Gasteiger partial charge in [-0.05, 0) is 41.0 Å². The summed E-state index contributed by atoms with van der Waals surface area (Å²) >= 11 is 0. The minimum atomic E-state index is -0.0457. The van der Waals surface area contributed by atoms with E-state index in [1.165, 1.54) is 16.5 Å². The van der Waals surface area contributed by atoms with Crippen molar-refractivity contribution in [1.29, 1.82) is 0 Å². The first-order valence-electron chi connectivity index (χ1n) is 9.90. The fraction of sp³-hybridized carbons (Fsp3) is 0.160. The zero-order chi connectivity index (χ0) is 19.5. The minimum Gasteiger partial charge on any atom is -0.497 e. The lowest BCUT2D eigenvalue weighted by atomic mass is 9.83. The van der Waals surface area contributed by atoms with Crippen molar-refractivity contribution in [3.63, 3.8) is 0 Å². The molecule has 2 unspecified atom stereocenters. The quantitative estimate of drug-likeness (QED) is 0.539. The molecule has 0 saturated heterocycles. The zero-order valence-corrected chi connectivity index (χ0v) is 16.1. The third kappa shape index (κ3) is 2.23. The molecule has 6 rings (SSSR count). The van der Waals surface area contributed by atoms with Gasteiger partial charge in [-0.25, -0.2) is 0 Å². The summed E-state index contributed by atoms with van der Waals surface area (Å²) in [4.78, 5) is 18.9. The van der Waals surface area contributed by atoms with Gasteiger partial charge < -0.3 is 14.6 Å². The van der Waals surface area contributed by atoms with Gasteiger partial charge in [0.2, 0.25) is 0 Å². The van der Waals surface area contributed by atoms with Crippen molar-refractivity contribution in [2.24, 2.45) is 0 Å². The Balaban J connectivity index is 1.60. The van der Waals surface area contributed by atoms with Crippen LogP contribution >= 0.6 is 0 Å². The number of carbonyl (C=O) groups is 1. The van der Waals surface area contributed by atoms with E-state index < -0.39 is 0 Å². The second-order valence-corrected chi connectivity index (χ2v) is 7.77. The predicted octanol–water partition coefficient (Wildman–Crippen LogP) is 4.87. The van der Waals surface area contributed by atoms with Crippen LogP contribution in [0.15, 0.2) is 72.8 Å². The van der Waals surface area contributed by atoms with Crippen LogP contribution in [0.3, 0.4) is 0 Å². The molecular formula is C25H20N2O2. The van der Waals surface area contributed by atoms with Gasteiger partial charge in [-0.1, -0.05) is 48.5 Å². The maximum Gasteiger partial charge on any atom is 0.255 e. The van der Waals surface area contributed by atoms with E-state index in [1.807, 2.05) is 35.2 Å². The molecule has 29 heavy (non-hydrogen) atoms. The second-order valence-electron chi connectivity index (χ2n) is 7.77. The van der Waals surface area contributed by atoms with E-state index in [9.17, 15) is 4.79 Å². The van der Waals surface area contributed by atoms with Crippen molar-refractivity contribution in [3.8, 4) is 5.75 Å². The lowest BCUT2D eigenvalue weighted by Gasteiger charge is -2.36. The number of aromatic amines is 1. The van der Waals surface area contributed by atoms with Crippen LogP contribution < -0.4 is 4.74 Å². The highest BCUT2D eigenvalue weighted by atomic mass is 16.5. The topological polar surface area (TPSA) is 45.3 Å². The number of fused-ring (bicyclic) bond motifs is 7. The molecule has 0 fully saturated rings. The fourth-order valence-electron chi connectivity index (χ4n) is 5.04. The molecule has 2 aliphatic rings. The molecule has 2 atom stereocenters. The number of amides is 1. The number of nitrogens with one attached hydrogen (secondary N) is 1. The van der Waals surface area contributed by atoms with Crippen molar-refractivity contribution < 1.29 is 9.53 Å². The van der Waals surface area contributed by atoms with Crippen LogP contribution in [-0.2, 0) is 0 Å². The molecule has 4 nitrogen and oxygen atoms in total. The highest BCUT2D eigenvalue weighted by Crippen LogP contribution is 2.49. The first-order chi connectivity index (χ1) is 14.3.